The van der Waals surface area contributed by atoms with Crippen LogP contribution in [0.15, 0.2) is 54.6 Å². The Balaban J connectivity index is 1.82. The van der Waals surface area contributed by atoms with E-state index in [4.69, 9.17) is 4.98 Å². The van der Waals surface area contributed by atoms with Gasteiger partial charge in [0, 0.05) is 17.0 Å². The summed E-state index contributed by atoms with van der Waals surface area (Å²) in [5.41, 5.74) is 5.15. The molecular formula is C22H24N2O. The maximum Gasteiger partial charge on any atom is 0.0950 e. The van der Waals surface area contributed by atoms with E-state index in [0.29, 0.717) is 0 Å². The molecule has 0 bridgehead atoms. The minimum absolute atomic E-state index is 0.116. The fourth-order valence-electron chi connectivity index (χ4n) is 3.68. The average molecular weight is 332 g/mol. The summed E-state index contributed by atoms with van der Waals surface area (Å²) in [4.78, 5) is 4.83. The zero-order chi connectivity index (χ0) is 17.2. The van der Waals surface area contributed by atoms with Crippen molar-refractivity contribution in [2.75, 3.05) is 6.54 Å². The molecule has 3 heteroatoms. The highest BCUT2D eigenvalue weighted by Gasteiger charge is 2.25. The molecule has 2 aromatic carbocycles. The fraction of sp³-hybridized carbons (Fsp3) is 0.318. The summed E-state index contributed by atoms with van der Waals surface area (Å²) < 4.78 is 0. The Morgan fingerprint density at radius 2 is 1.88 bits per heavy atom. The summed E-state index contributed by atoms with van der Waals surface area (Å²) in [7, 11) is 0. The number of nitrogens with one attached hydrogen (secondary N) is 1. The number of pyridine rings is 1. The van der Waals surface area contributed by atoms with Crippen LogP contribution >= 0.6 is 0 Å². The summed E-state index contributed by atoms with van der Waals surface area (Å²) in [6.45, 7) is 3.07. The Morgan fingerprint density at radius 3 is 2.64 bits per heavy atom. The lowest BCUT2D eigenvalue weighted by Crippen LogP contribution is -2.38. The Morgan fingerprint density at radius 1 is 1.08 bits per heavy atom. The van der Waals surface area contributed by atoms with Crippen molar-refractivity contribution in [2.24, 2.45) is 0 Å². The smallest absolute Gasteiger partial charge is 0.0950 e. The molecule has 1 aliphatic rings. The zero-order valence-corrected chi connectivity index (χ0v) is 14.6. The van der Waals surface area contributed by atoms with Gasteiger partial charge in [0.15, 0.2) is 0 Å². The molecule has 0 radical (unpaired) electrons. The molecule has 1 aliphatic heterocycles. The highest BCUT2D eigenvalue weighted by atomic mass is 16.3. The second-order valence-corrected chi connectivity index (χ2v) is 6.98. The van der Waals surface area contributed by atoms with Crippen LogP contribution in [-0.4, -0.2) is 22.7 Å². The first-order chi connectivity index (χ1) is 12.2. The van der Waals surface area contributed by atoms with Gasteiger partial charge in [-0.05, 0) is 44.0 Å². The van der Waals surface area contributed by atoms with E-state index in [1.54, 1.807) is 0 Å². The summed E-state index contributed by atoms with van der Waals surface area (Å²) in [6.07, 6.45) is 2.85. The quantitative estimate of drug-likeness (QED) is 0.748. The molecule has 1 aromatic heterocycles. The van der Waals surface area contributed by atoms with Gasteiger partial charge in [0.25, 0.3) is 0 Å². The number of benzene rings is 2. The van der Waals surface area contributed by atoms with Crippen LogP contribution in [0.25, 0.3) is 22.2 Å². The molecule has 128 valence electrons. The Bertz CT molecular complexity index is 867. The van der Waals surface area contributed by atoms with Crippen LogP contribution in [0, 0.1) is 6.92 Å². The Kier molecular flexibility index (Phi) is 4.51. The van der Waals surface area contributed by atoms with E-state index in [-0.39, 0.29) is 6.04 Å². The number of aliphatic hydroxyl groups excluding tert-OH is 1. The van der Waals surface area contributed by atoms with Crippen LogP contribution in [0.1, 0.15) is 36.5 Å². The molecule has 1 saturated heterocycles. The molecule has 0 amide bonds. The molecule has 2 heterocycles. The fourth-order valence-corrected chi connectivity index (χ4v) is 3.68. The highest BCUT2D eigenvalue weighted by Crippen LogP contribution is 2.32. The third kappa shape index (κ3) is 3.30. The minimum atomic E-state index is -0.516. The third-order valence-electron chi connectivity index (χ3n) is 5.14. The van der Waals surface area contributed by atoms with Crippen molar-refractivity contribution in [3.8, 4) is 11.3 Å². The number of rotatable bonds is 3. The normalized spacial score (nSPS) is 19.0. The number of aliphatic hydroxyl groups is 1. The molecule has 0 aliphatic carbocycles. The van der Waals surface area contributed by atoms with Crippen molar-refractivity contribution < 1.29 is 5.11 Å². The average Bonchev–Trinajstić information content (AvgIpc) is 2.68. The van der Waals surface area contributed by atoms with Gasteiger partial charge in [-0.3, -0.25) is 0 Å². The van der Waals surface area contributed by atoms with Crippen molar-refractivity contribution in [1.29, 1.82) is 0 Å². The predicted octanol–water partition coefficient (Wildman–Crippen LogP) is 4.39. The largest absolute Gasteiger partial charge is 0.387 e. The van der Waals surface area contributed by atoms with Crippen LogP contribution in [0.3, 0.4) is 0 Å². The minimum Gasteiger partial charge on any atom is -0.387 e. The molecule has 3 aromatic rings. The monoisotopic (exact) mass is 332 g/mol. The summed E-state index contributed by atoms with van der Waals surface area (Å²) >= 11 is 0. The summed E-state index contributed by atoms with van der Waals surface area (Å²) in [5, 5.41) is 15.6. The number of aryl methyl sites for hydroxylation is 1. The summed E-state index contributed by atoms with van der Waals surface area (Å²) in [5.74, 6) is 0. The summed E-state index contributed by atoms with van der Waals surface area (Å²) in [6, 6.07) is 18.7. The topological polar surface area (TPSA) is 45.1 Å². The Hall–Kier alpha value is -2.23. The Labute approximate surface area is 148 Å². The van der Waals surface area contributed by atoms with E-state index in [9.17, 15) is 5.11 Å². The molecule has 2 atom stereocenters. The van der Waals surface area contributed by atoms with Gasteiger partial charge in [-0.2, -0.15) is 0 Å². The molecule has 0 saturated carbocycles. The number of hydrogen-bond donors (Lipinski definition) is 2. The molecule has 0 spiro atoms. The maximum absolute atomic E-state index is 11.1. The number of piperidine rings is 1. The van der Waals surface area contributed by atoms with Gasteiger partial charge in [0.2, 0.25) is 0 Å². The van der Waals surface area contributed by atoms with Crippen molar-refractivity contribution in [2.45, 2.75) is 38.3 Å². The lowest BCUT2D eigenvalue weighted by atomic mass is 9.92. The molecule has 25 heavy (non-hydrogen) atoms. The first-order valence-electron chi connectivity index (χ1n) is 9.10. The van der Waals surface area contributed by atoms with Gasteiger partial charge < -0.3 is 10.4 Å². The van der Waals surface area contributed by atoms with Crippen LogP contribution in [-0.2, 0) is 0 Å². The van der Waals surface area contributed by atoms with E-state index >= 15 is 0 Å². The van der Waals surface area contributed by atoms with Gasteiger partial charge in [-0.1, -0.05) is 54.4 Å². The van der Waals surface area contributed by atoms with Crippen molar-refractivity contribution in [3.63, 3.8) is 0 Å². The second-order valence-electron chi connectivity index (χ2n) is 6.98. The number of aromatic nitrogens is 1. The van der Waals surface area contributed by atoms with Gasteiger partial charge in [-0.15, -0.1) is 0 Å². The van der Waals surface area contributed by atoms with Gasteiger partial charge in [0.1, 0.15) is 0 Å². The van der Waals surface area contributed by atoms with Crippen LogP contribution in [0.2, 0.25) is 0 Å². The maximum atomic E-state index is 11.1. The molecule has 0 unspecified atom stereocenters. The van der Waals surface area contributed by atoms with Crippen LogP contribution in [0.5, 0.6) is 0 Å². The van der Waals surface area contributed by atoms with E-state index in [2.05, 4.69) is 48.6 Å². The predicted molar refractivity (Wildman–Crippen MR) is 103 cm³/mol. The van der Waals surface area contributed by atoms with Gasteiger partial charge in [-0.25, -0.2) is 4.98 Å². The second kappa shape index (κ2) is 6.95. The highest BCUT2D eigenvalue weighted by molar-refractivity contribution is 5.85. The number of nitrogens with zero attached hydrogens (tertiary/aromatic N) is 1. The molecule has 4 rings (SSSR count). The van der Waals surface area contributed by atoms with Crippen molar-refractivity contribution in [1.82, 2.24) is 10.3 Å². The van der Waals surface area contributed by atoms with Crippen LogP contribution in [0.4, 0.5) is 0 Å². The standard InChI is InChI=1S/C22H24N2O/c1-15-9-11-16(12-10-15)21-14-18(17-6-2-3-7-19(17)24-21)22(25)20-8-4-5-13-23-20/h2-3,6-7,9-12,14,20,22-23,25H,4-5,8,13H2,1H3/t20-,22+/m0/s1. The van der Waals surface area contributed by atoms with E-state index in [1.165, 1.54) is 18.4 Å². The molecule has 2 N–H and O–H groups in total. The first kappa shape index (κ1) is 16.2. The van der Waals surface area contributed by atoms with Gasteiger partial charge in [0.05, 0.1) is 17.3 Å². The van der Waals surface area contributed by atoms with E-state index in [1.807, 2.05) is 18.2 Å². The number of fused-ring (bicyclic) bond motifs is 1. The molecule has 3 nitrogen and oxygen atoms in total. The molecule has 1 fully saturated rings. The number of hydrogen-bond acceptors (Lipinski definition) is 3. The lowest BCUT2D eigenvalue weighted by Gasteiger charge is -2.29. The lowest BCUT2D eigenvalue weighted by molar-refractivity contribution is 0.115. The third-order valence-corrected chi connectivity index (χ3v) is 5.14. The SMILES string of the molecule is Cc1ccc(-c2cc([C@@H](O)[C@@H]3CCCCN3)c3ccccc3n2)cc1. The first-order valence-corrected chi connectivity index (χ1v) is 9.10. The van der Waals surface area contributed by atoms with Crippen LogP contribution < -0.4 is 5.32 Å². The number of para-hydroxylation sites is 1. The van der Waals surface area contributed by atoms with Crippen molar-refractivity contribution in [3.05, 3.63) is 65.7 Å². The van der Waals surface area contributed by atoms with E-state index in [0.717, 1.165) is 40.7 Å². The molecular weight excluding hydrogens is 308 g/mol. The zero-order valence-electron chi connectivity index (χ0n) is 14.6. The van der Waals surface area contributed by atoms with Crippen molar-refractivity contribution >= 4 is 10.9 Å². The van der Waals surface area contributed by atoms with Gasteiger partial charge >= 0.3 is 0 Å². The van der Waals surface area contributed by atoms with E-state index < -0.39 is 6.10 Å².